The first-order chi connectivity index (χ1) is 12.0. The molecule has 0 aromatic heterocycles. The molecular weight excluding hydrogens is 318 g/mol. The summed E-state index contributed by atoms with van der Waals surface area (Å²) >= 11 is 0. The monoisotopic (exact) mass is 347 g/mol. The van der Waals surface area contributed by atoms with Crippen molar-refractivity contribution in [3.05, 3.63) is 0 Å². The predicted octanol–water partition coefficient (Wildman–Crippen LogP) is 1.06. The molecule has 4 aliphatic carbocycles. The number of piperazine rings is 1. The lowest BCUT2D eigenvalue weighted by Gasteiger charge is -2.57. The van der Waals surface area contributed by atoms with Crippen LogP contribution in [-0.2, 0) is 14.4 Å². The molecule has 138 valence electrons. The standard InChI is InChI=1S/C19H29N3O3/c1-20-16(23)7-15-18(25)21-2-3-22(15)17(24)11-19-8-12-4-13(9-19)6-14(5-12)10-19/h12-15H,2-11H2,1H3,(H,20,23)(H,21,25). The Kier molecular flexibility index (Phi) is 4.24. The Morgan fingerprint density at radius 2 is 1.76 bits per heavy atom. The molecule has 3 amide bonds. The van der Waals surface area contributed by atoms with Crippen molar-refractivity contribution in [2.45, 2.75) is 57.4 Å². The van der Waals surface area contributed by atoms with Gasteiger partial charge in [-0.2, -0.15) is 0 Å². The summed E-state index contributed by atoms with van der Waals surface area (Å²) in [5.41, 5.74) is 0.164. The van der Waals surface area contributed by atoms with Gasteiger partial charge in [-0.15, -0.1) is 0 Å². The maximum Gasteiger partial charge on any atom is 0.243 e. The second-order valence-corrected chi connectivity index (χ2v) is 8.87. The van der Waals surface area contributed by atoms with Gasteiger partial charge in [-0.25, -0.2) is 0 Å². The average Bonchev–Trinajstić information content (AvgIpc) is 2.54. The van der Waals surface area contributed by atoms with E-state index in [0.717, 1.165) is 17.8 Å². The molecule has 25 heavy (non-hydrogen) atoms. The van der Waals surface area contributed by atoms with Crippen molar-refractivity contribution in [1.29, 1.82) is 0 Å². The number of carbonyl (C=O) groups excluding carboxylic acids is 3. The van der Waals surface area contributed by atoms with E-state index in [4.69, 9.17) is 0 Å². The van der Waals surface area contributed by atoms with E-state index < -0.39 is 6.04 Å². The second kappa shape index (κ2) is 6.29. The molecule has 1 atom stereocenters. The third-order valence-electron chi connectivity index (χ3n) is 7.00. The van der Waals surface area contributed by atoms with Gasteiger partial charge in [0.1, 0.15) is 6.04 Å². The fraction of sp³-hybridized carbons (Fsp3) is 0.842. The fourth-order valence-electron chi connectivity index (χ4n) is 6.42. The third kappa shape index (κ3) is 3.15. The lowest BCUT2D eigenvalue weighted by Crippen LogP contribution is -2.59. The Labute approximate surface area is 149 Å². The number of hydrogen-bond donors (Lipinski definition) is 2. The summed E-state index contributed by atoms with van der Waals surface area (Å²) in [5.74, 6) is 2.11. The van der Waals surface area contributed by atoms with E-state index in [2.05, 4.69) is 10.6 Å². The first-order valence-corrected chi connectivity index (χ1v) is 9.76. The Balaban J connectivity index is 1.47. The van der Waals surface area contributed by atoms with E-state index in [-0.39, 0.29) is 29.6 Å². The van der Waals surface area contributed by atoms with Gasteiger partial charge in [0.25, 0.3) is 0 Å². The zero-order valence-corrected chi connectivity index (χ0v) is 15.1. The van der Waals surface area contributed by atoms with Gasteiger partial charge in [-0.05, 0) is 61.7 Å². The summed E-state index contributed by atoms with van der Waals surface area (Å²) in [5, 5.41) is 5.36. The van der Waals surface area contributed by atoms with Crippen LogP contribution in [0.2, 0.25) is 0 Å². The molecule has 6 nitrogen and oxygen atoms in total. The molecule has 4 bridgehead atoms. The van der Waals surface area contributed by atoms with Crippen molar-refractivity contribution in [1.82, 2.24) is 15.5 Å². The molecular formula is C19H29N3O3. The molecule has 0 radical (unpaired) electrons. The minimum absolute atomic E-state index is 0.0505. The lowest BCUT2D eigenvalue weighted by molar-refractivity contribution is -0.150. The molecule has 1 unspecified atom stereocenters. The molecule has 0 spiro atoms. The summed E-state index contributed by atoms with van der Waals surface area (Å²) in [4.78, 5) is 38.8. The smallest absolute Gasteiger partial charge is 0.243 e. The molecule has 5 fully saturated rings. The predicted molar refractivity (Wildman–Crippen MR) is 92.4 cm³/mol. The number of nitrogens with zero attached hydrogens (tertiary/aromatic N) is 1. The number of nitrogens with one attached hydrogen (secondary N) is 2. The molecule has 0 aromatic carbocycles. The van der Waals surface area contributed by atoms with Crippen LogP contribution in [0.4, 0.5) is 0 Å². The van der Waals surface area contributed by atoms with Crippen molar-refractivity contribution < 1.29 is 14.4 Å². The number of amides is 3. The van der Waals surface area contributed by atoms with Crippen LogP contribution in [0.25, 0.3) is 0 Å². The van der Waals surface area contributed by atoms with E-state index in [1.807, 2.05) is 0 Å². The SMILES string of the molecule is CNC(=O)CC1C(=O)NCCN1C(=O)CC12CC3CC(CC(C3)C1)C2. The van der Waals surface area contributed by atoms with Gasteiger partial charge in [-0.3, -0.25) is 14.4 Å². The minimum atomic E-state index is -0.657. The number of hydrogen-bond acceptors (Lipinski definition) is 3. The number of rotatable bonds is 4. The Hall–Kier alpha value is -1.59. The summed E-state index contributed by atoms with van der Waals surface area (Å²) < 4.78 is 0. The first-order valence-electron chi connectivity index (χ1n) is 9.76. The van der Waals surface area contributed by atoms with Crippen LogP contribution in [-0.4, -0.2) is 48.8 Å². The van der Waals surface area contributed by atoms with Crippen LogP contribution in [0.15, 0.2) is 0 Å². The van der Waals surface area contributed by atoms with Crippen LogP contribution in [0.1, 0.15) is 51.4 Å². The molecule has 0 aromatic rings. The van der Waals surface area contributed by atoms with Gasteiger partial charge in [0, 0.05) is 26.6 Å². The second-order valence-electron chi connectivity index (χ2n) is 8.87. The van der Waals surface area contributed by atoms with Crippen LogP contribution < -0.4 is 10.6 Å². The zero-order valence-electron chi connectivity index (χ0n) is 15.1. The van der Waals surface area contributed by atoms with Crippen LogP contribution in [0, 0.1) is 23.2 Å². The topological polar surface area (TPSA) is 78.5 Å². The highest BCUT2D eigenvalue weighted by atomic mass is 16.2. The first kappa shape index (κ1) is 16.9. The maximum absolute atomic E-state index is 13.1. The Morgan fingerprint density at radius 3 is 2.32 bits per heavy atom. The summed E-state index contributed by atoms with van der Waals surface area (Å²) in [6, 6.07) is -0.657. The van der Waals surface area contributed by atoms with E-state index in [1.54, 1.807) is 11.9 Å². The molecule has 1 saturated heterocycles. The highest BCUT2D eigenvalue weighted by Crippen LogP contribution is 2.61. The van der Waals surface area contributed by atoms with Crippen LogP contribution in [0.3, 0.4) is 0 Å². The van der Waals surface area contributed by atoms with E-state index in [9.17, 15) is 14.4 Å². The van der Waals surface area contributed by atoms with Gasteiger partial charge in [-0.1, -0.05) is 0 Å². The molecule has 1 aliphatic heterocycles. The maximum atomic E-state index is 13.1. The normalized spacial score (nSPS) is 39.2. The van der Waals surface area contributed by atoms with Gasteiger partial charge >= 0.3 is 0 Å². The molecule has 5 aliphatic rings. The molecule has 4 saturated carbocycles. The third-order valence-corrected chi connectivity index (χ3v) is 7.00. The van der Waals surface area contributed by atoms with Crippen molar-refractivity contribution in [2.24, 2.45) is 23.2 Å². The highest BCUT2D eigenvalue weighted by Gasteiger charge is 2.52. The summed E-state index contributed by atoms with van der Waals surface area (Å²) in [6.07, 6.45) is 8.25. The highest BCUT2D eigenvalue weighted by molar-refractivity contribution is 5.93. The fourth-order valence-corrected chi connectivity index (χ4v) is 6.42. The van der Waals surface area contributed by atoms with Gasteiger partial charge < -0.3 is 15.5 Å². The van der Waals surface area contributed by atoms with E-state index in [0.29, 0.717) is 19.5 Å². The number of carbonyl (C=O) groups is 3. The van der Waals surface area contributed by atoms with Gasteiger partial charge in [0.05, 0.1) is 6.42 Å². The molecule has 6 heteroatoms. The largest absolute Gasteiger partial charge is 0.359 e. The quantitative estimate of drug-likeness (QED) is 0.798. The Morgan fingerprint density at radius 1 is 1.16 bits per heavy atom. The molecule has 1 heterocycles. The summed E-state index contributed by atoms with van der Waals surface area (Å²) in [6.45, 7) is 0.994. The van der Waals surface area contributed by atoms with Crippen LogP contribution >= 0.6 is 0 Å². The molecule has 2 N–H and O–H groups in total. The lowest BCUT2D eigenvalue weighted by atomic mass is 9.49. The summed E-state index contributed by atoms with van der Waals surface area (Å²) in [7, 11) is 1.56. The zero-order chi connectivity index (χ0) is 17.6. The van der Waals surface area contributed by atoms with E-state index >= 15 is 0 Å². The average molecular weight is 347 g/mol. The van der Waals surface area contributed by atoms with Crippen molar-refractivity contribution in [2.75, 3.05) is 20.1 Å². The van der Waals surface area contributed by atoms with Gasteiger partial charge in [0.2, 0.25) is 17.7 Å². The van der Waals surface area contributed by atoms with Gasteiger partial charge in [0.15, 0.2) is 0 Å². The van der Waals surface area contributed by atoms with Crippen LogP contribution in [0.5, 0.6) is 0 Å². The van der Waals surface area contributed by atoms with Crippen molar-refractivity contribution in [3.63, 3.8) is 0 Å². The van der Waals surface area contributed by atoms with E-state index in [1.165, 1.54) is 38.5 Å². The van der Waals surface area contributed by atoms with Crippen molar-refractivity contribution in [3.8, 4) is 0 Å². The minimum Gasteiger partial charge on any atom is -0.359 e. The Bertz CT molecular complexity index is 553. The van der Waals surface area contributed by atoms with Crippen molar-refractivity contribution >= 4 is 17.7 Å². The molecule has 5 rings (SSSR count).